The van der Waals surface area contributed by atoms with E-state index in [1.807, 2.05) is 0 Å². The molecule has 1 aliphatic carbocycles. The van der Waals surface area contributed by atoms with Crippen molar-refractivity contribution in [1.29, 1.82) is 0 Å². The summed E-state index contributed by atoms with van der Waals surface area (Å²) in [6, 6.07) is 3.54. The standard InChI is InChI=1S/C16H22Cl3N/c1-11-2-4-12(5-3-11)8-9-20-10-13-14(17)6-7-15(18)16(13)19/h6-7,11-12,20H,2-5,8-10H2,1H3. The summed E-state index contributed by atoms with van der Waals surface area (Å²) in [6.07, 6.45) is 6.76. The predicted octanol–water partition coefficient (Wildman–Crippen LogP) is 5.95. The highest BCUT2D eigenvalue weighted by Crippen LogP contribution is 2.32. The average molecular weight is 335 g/mol. The molecule has 0 spiro atoms. The first-order chi connectivity index (χ1) is 9.58. The van der Waals surface area contributed by atoms with Crippen LogP contribution in [0.25, 0.3) is 0 Å². The summed E-state index contributed by atoms with van der Waals surface area (Å²) in [5, 5.41) is 5.25. The Balaban J connectivity index is 1.75. The van der Waals surface area contributed by atoms with Crippen molar-refractivity contribution in [1.82, 2.24) is 5.32 Å². The summed E-state index contributed by atoms with van der Waals surface area (Å²) in [5.41, 5.74) is 0.901. The van der Waals surface area contributed by atoms with Gasteiger partial charge in [-0.3, -0.25) is 0 Å². The lowest BCUT2D eigenvalue weighted by Gasteiger charge is -2.26. The lowest BCUT2D eigenvalue weighted by atomic mass is 9.81. The summed E-state index contributed by atoms with van der Waals surface area (Å²) in [5.74, 6) is 1.80. The van der Waals surface area contributed by atoms with Crippen LogP contribution in [0, 0.1) is 11.8 Å². The van der Waals surface area contributed by atoms with Crippen molar-refractivity contribution in [2.75, 3.05) is 6.54 Å². The number of hydrogen-bond donors (Lipinski definition) is 1. The lowest BCUT2D eigenvalue weighted by Crippen LogP contribution is -2.20. The van der Waals surface area contributed by atoms with Gasteiger partial charge in [0.25, 0.3) is 0 Å². The van der Waals surface area contributed by atoms with Crippen LogP contribution in [0.4, 0.5) is 0 Å². The molecule has 0 bridgehead atoms. The number of benzene rings is 1. The van der Waals surface area contributed by atoms with Crippen molar-refractivity contribution < 1.29 is 0 Å². The molecule has 1 nitrogen and oxygen atoms in total. The van der Waals surface area contributed by atoms with E-state index in [4.69, 9.17) is 34.8 Å². The van der Waals surface area contributed by atoms with Crippen LogP contribution in [0.1, 0.15) is 44.6 Å². The zero-order chi connectivity index (χ0) is 14.5. The first kappa shape index (κ1) is 16.4. The fourth-order valence-electron chi connectivity index (χ4n) is 2.87. The van der Waals surface area contributed by atoms with Gasteiger partial charge in [-0.2, -0.15) is 0 Å². The third kappa shape index (κ3) is 4.53. The normalized spacial score (nSPS) is 23.0. The Kier molecular flexibility index (Phi) is 6.48. The number of nitrogens with one attached hydrogen (secondary N) is 1. The van der Waals surface area contributed by atoms with Crippen molar-refractivity contribution in [3.8, 4) is 0 Å². The molecule has 1 aromatic rings. The molecule has 20 heavy (non-hydrogen) atoms. The molecule has 0 aromatic heterocycles. The Bertz CT molecular complexity index is 440. The number of hydrogen-bond acceptors (Lipinski definition) is 1. The van der Waals surface area contributed by atoms with Crippen molar-refractivity contribution in [3.05, 3.63) is 32.8 Å². The van der Waals surface area contributed by atoms with Crippen LogP contribution < -0.4 is 5.32 Å². The minimum atomic E-state index is 0.564. The fourth-order valence-corrected chi connectivity index (χ4v) is 3.55. The van der Waals surface area contributed by atoms with E-state index in [9.17, 15) is 0 Å². The summed E-state index contributed by atoms with van der Waals surface area (Å²) >= 11 is 18.4. The van der Waals surface area contributed by atoms with Gasteiger partial charge in [-0.25, -0.2) is 0 Å². The van der Waals surface area contributed by atoms with Gasteiger partial charge in [0, 0.05) is 17.1 Å². The summed E-state index contributed by atoms with van der Waals surface area (Å²) in [4.78, 5) is 0. The van der Waals surface area contributed by atoms with Gasteiger partial charge in [0.05, 0.1) is 10.0 Å². The van der Waals surface area contributed by atoms with E-state index < -0.39 is 0 Å². The van der Waals surface area contributed by atoms with E-state index in [0.717, 1.165) is 23.9 Å². The topological polar surface area (TPSA) is 12.0 Å². The molecule has 0 atom stereocenters. The maximum Gasteiger partial charge on any atom is 0.0652 e. The monoisotopic (exact) mass is 333 g/mol. The molecule has 0 unspecified atom stereocenters. The first-order valence-electron chi connectivity index (χ1n) is 7.41. The van der Waals surface area contributed by atoms with Crippen LogP contribution in [0.5, 0.6) is 0 Å². The molecule has 0 heterocycles. The zero-order valence-electron chi connectivity index (χ0n) is 11.9. The van der Waals surface area contributed by atoms with Crippen molar-refractivity contribution in [2.24, 2.45) is 11.8 Å². The predicted molar refractivity (Wildman–Crippen MR) is 88.9 cm³/mol. The third-order valence-electron chi connectivity index (χ3n) is 4.31. The highest BCUT2D eigenvalue weighted by atomic mass is 35.5. The van der Waals surface area contributed by atoms with Gasteiger partial charge in [0.15, 0.2) is 0 Å². The second-order valence-electron chi connectivity index (χ2n) is 5.91. The van der Waals surface area contributed by atoms with Crippen molar-refractivity contribution in [3.63, 3.8) is 0 Å². The molecule has 0 saturated heterocycles. The fraction of sp³-hybridized carbons (Fsp3) is 0.625. The minimum absolute atomic E-state index is 0.564. The van der Waals surface area contributed by atoms with Crippen LogP contribution in [0.15, 0.2) is 12.1 Å². The molecule has 112 valence electrons. The van der Waals surface area contributed by atoms with Crippen LogP contribution in [0.2, 0.25) is 15.1 Å². The first-order valence-corrected chi connectivity index (χ1v) is 8.54. The van der Waals surface area contributed by atoms with Gasteiger partial charge in [-0.15, -0.1) is 0 Å². The lowest BCUT2D eigenvalue weighted by molar-refractivity contribution is 0.275. The second-order valence-corrected chi connectivity index (χ2v) is 7.11. The number of rotatable bonds is 5. The van der Waals surface area contributed by atoms with E-state index in [0.29, 0.717) is 21.6 Å². The van der Waals surface area contributed by atoms with Crippen molar-refractivity contribution in [2.45, 2.75) is 45.6 Å². The third-order valence-corrected chi connectivity index (χ3v) is 5.50. The van der Waals surface area contributed by atoms with E-state index in [1.54, 1.807) is 12.1 Å². The van der Waals surface area contributed by atoms with Gasteiger partial charge < -0.3 is 5.32 Å². The Morgan fingerprint density at radius 1 is 1.05 bits per heavy atom. The molecule has 2 rings (SSSR count). The molecule has 0 aliphatic heterocycles. The molecule has 1 aromatic carbocycles. The minimum Gasteiger partial charge on any atom is -0.313 e. The second kappa shape index (κ2) is 7.89. The van der Waals surface area contributed by atoms with E-state index in [-0.39, 0.29) is 0 Å². The molecule has 1 saturated carbocycles. The molecule has 1 N–H and O–H groups in total. The quantitative estimate of drug-likeness (QED) is 0.518. The highest BCUT2D eigenvalue weighted by Gasteiger charge is 2.17. The Morgan fingerprint density at radius 2 is 1.70 bits per heavy atom. The maximum atomic E-state index is 6.19. The van der Waals surface area contributed by atoms with Crippen LogP contribution >= 0.6 is 34.8 Å². The summed E-state index contributed by atoms with van der Waals surface area (Å²) in [6.45, 7) is 4.05. The zero-order valence-corrected chi connectivity index (χ0v) is 14.2. The largest absolute Gasteiger partial charge is 0.313 e. The van der Waals surface area contributed by atoms with E-state index >= 15 is 0 Å². The maximum absolute atomic E-state index is 6.19. The van der Waals surface area contributed by atoms with Crippen LogP contribution in [0.3, 0.4) is 0 Å². The van der Waals surface area contributed by atoms with E-state index in [2.05, 4.69) is 12.2 Å². The van der Waals surface area contributed by atoms with Gasteiger partial charge in [0.1, 0.15) is 0 Å². The van der Waals surface area contributed by atoms with Gasteiger partial charge >= 0.3 is 0 Å². The summed E-state index contributed by atoms with van der Waals surface area (Å²) < 4.78 is 0. The molecule has 1 aliphatic rings. The Hall–Kier alpha value is 0.0500. The Morgan fingerprint density at radius 3 is 2.40 bits per heavy atom. The van der Waals surface area contributed by atoms with Gasteiger partial charge in [-0.05, 0) is 36.9 Å². The SMILES string of the molecule is CC1CCC(CCNCc2c(Cl)ccc(Cl)c2Cl)CC1. The molecular weight excluding hydrogens is 313 g/mol. The smallest absolute Gasteiger partial charge is 0.0652 e. The summed E-state index contributed by atoms with van der Waals surface area (Å²) in [7, 11) is 0. The van der Waals surface area contributed by atoms with Gasteiger partial charge in [-0.1, -0.05) is 67.4 Å². The highest BCUT2D eigenvalue weighted by molar-refractivity contribution is 6.44. The molecule has 4 heteroatoms. The molecular formula is C16H22Cl3N. The molecule has 1 fully saturated rings. The van der Waals surface area contributed by atoms with Crippen LogP contribution in [-0.4, -0.2) is 6.54 Å². The Labute approximate surface area is 137 Å². The molecule has 0 amide bonds. The molecule has 0 radical (unpaired) electrons. The van der Waals surface area contributed by atoms with Crippen LogP contribution in [-0.2, 0) is 6.54 Å². The van der Waals surface area contributed by atoms with Crippen molar-refractivity contribution >= 4 is 34.8 Å². The van der Waals surface area contributed by atoms with Gasteiger partial charge in [0.2, 0.25) is 0 Å². The van der Waals surface area contributed by atoms with E-state index in [1.165, 1.54) is 32.1 Å². The number of halogens is 3. The average Bonchev–Trinajstić information content (AvgIpc) is 2.44.